The predicted octanol–water partition coefficient (Wildman–Crippen LogP) is 2.53. The van der Waals surface area contributed by atoms with Gasteiger partial charge in [-0.15, -0.1) is 0 Å². The summed E-state index contributed by atoms with van der Waals surface area (Å²) in [6.07, 6.45) is 1.94. The number of esters is 1. The lowest BCUT2D eigenvalue weighted by atomic mass is 10.0. The highest BCUT2D eigenvalue weighted by Crippen LogP contribution is 2.33. The van der Waals surface area contributed by atoms with E-state index in [1.54, 1.807) is 6.92 Å². The highest BCUT2D eigenvalue weighted by Gasteiger charge is 2.22. The molecule has 0 bridgehead atoms. The van der Waals surface area contributed by atoms with Gasteiger partial charge in [0.15, 0.2) is 6.10 Å². The van der Waals surface area contributed by atoms with Crippen molar-refractivity contribution in [1.29, 1.82) is 0 Å². The number of benzene rings is 1. The average molecular weight is 302 g/mol. The molecule has 1 aromatic heterocycles. The molecule has 116 valence electrons. The van der Waals surface area contributed by atoms with Crippen LogP contribution >= 0.6 is 0 Å². The first-order valence-electron chi connectivity index (χ1n) is 7.35. The molecular weight excluding hydrogens is 284 g/mol. The van der Waals surface area contributed by atoms with Crippen LogP contribution < -0.4 is 10.4 Å². The van der Waals surface area contributed by atoms with Crippen molar-refractivity contribution >= 4 is 16.9 Å². The molecule has 1 atom stereocenters. The van der Waals surface area contributed by atoms with Crippen LogP contribution in [0, 0.1) is 6.92 Å². The molecule has 2 aromatic rings. The van der Waals surface area contributed by atoms with Crippen molar-refractivity contribution < 1.29 is 18.7 Å². The van der Waals surface area contributed by atoms with Gasteiger partial charge in [-0.3, -0.25) is 0 Å². The zero-order chi connectivity index (χ0) is 15.9. The number of ether oxygens (including phenoxy) is 2. The van der Waals surface area contributed by atoms with Gasteiger partial charge in [0.25, 0.3) is 0 Å². The number of aryl methyl sites for hydroxylation is 2. The molecule has 0 N–H and O–H groups in total. The molecule has 1 aliphatic rings. The summed E-state index contributed by atoms with van der Waals surface area (Å²) in [7, 11) is 1.32. The molecule has 0 amide bonds. The highest BCUT2D eigenvalue weighted by atomic mass is 16.6. The lowest BCUT2D eigenvalue weighted by Crippen LogP contribution is -2.25. The molecular formula is C17H18O5. The Kier molecular flexibility index (Phi) is 3.64. The smallest absolute Gasteiger partial charge is 0.346 e. The van der Waals surface area contributed by atoms with Crippen LogP contribution in [0.2, 0.25) is 0 Å². The molecule has 22 heavy (non-hydrogen) atoms. The van der Waals surface area contributed by atoms with Crippen LogP contribution in [0.1, 0.15) is 30.0 Å². The molecule has 1 heterocycles. The molecule has 1 aliphatic carbocycles. The maximum atomic E-state index is 12.1. The standard InChI is InChI=1S/C17H18O5/c1-9-14(21-10(2)16(18)20-3)8-7-12-11-5-4-6-13(11)17(19)22-15(9)12/h7-8,10H,4-6H2,1-3H3/t10-/m1/s1. The van der Waals surface area contributed by atoms with Crippen LogP contribution in [0.4, 0.5) is 0 Å². The minimum Gasteiger partial charge on any atom is -0.479 e. The first-order valence-corrected chi connectivity index (χ1v) is 7.35. The zero-order valence-electron chi connectivity index (χ0n) is 12.9. The van der Waals surface area contributed by atoms with Crippen molar-refractivity contribution in [3.05, 3.63) is 39.2 Å². The van der Waals surface area contributed by atoms with Gasteiger partial charge in [-0.1, -0.05) is 0 Å². The van der Waals surface area contributed by atoms with Gasteiger partial charge in [0.05, 0.1) is 7.11 Å². The van der Waals surface area contributed by atoms with Crippen molar-refractivity contribution in [1.82, 2.24) is 0 Å². The normalized spacial score (nSPS) is 14.7. The van der Waals surface area contributed by atoms with Gasteiger partial charge in [0, 0.05) is 16.5 Å². The van der Waals surface area contributed by atoms with Crippen molar-refractivity contribution in [2.24, 2.45) is 0 Å². The Morgan fingerprint density at radius 1 is 1.27 bits per heavy atom. The summed E-state index contributed by atoms with van der Waals surface area (Å²) in [5.41, 5.74) is 2.88. The number of hydrogen-bond donors (Lipinski definition) is 0. The molecule has 1 aromatic carbocycles. The Morgan fingerprint density at radius 3 is 2.73 bits per heavy atom. The number of fused-ring (bicyclic) bond motifs is 3. The van der Waals surface area contributed by atoms with Crippen molar-refractivity contribution in [2.75, 3.05) is 7.11 Å². The number of carbonyl (C=O) groups is 1. The summed E-state index contributed by atoms with van der Waals surface area (Å²) >= 11 is 0. The Labute approximate surface area is 127 Å². The first-order chi connectivity index (χ1) is 10.5. The largest absolute Gasteiger partial charge is 0.479 e. The zero-order valence-corrected chi connectivity index (χ0v) is 12.9. The van der Waals surface area contributed by atoms with E-state index in [9.17, 15) is 9.59 Å². The predicted molar refractivity (Wildman–Crippen MR) is 81.4 cm³/mol. The van der Waals surface area contributed by atoms with Crippen LogP contribution in [0.3, 0.4) is 0 Å². The molecule has 5 nitrogen and oxygen atoms in total. The van der Waals surface area contributed by atoms with Gasteiger partial charge in [-0.2, -0.15) is 0 Å². The SMILES string of the molecule is COC(=O)[C@@H](C)Oc1ccc2c3c(c(=O)oc2c1C)CCC3. The molecule has 0 fully saturated rings. The molecule has 3 rings (SSSR count). The third-order valence-electron chi connectivity index (χ3n) is 4.18. The van der Waals surface area contributed by atoms with Crippen molar-refractivity contribution in [3.8, 4) is 5.75 Å². The summed E-state index contributed by atoms with van der Waals surface area (Å²) in [5.74, 6) is 0.0707. The Morgan fingerprint density at radius 2 is 2.00 bits per heavy atom. The van der Waals surface area contributed by atoms with E-state index in [-0.39, 0.29) is 5.63 Å². The van der Waals surface area contributed by atoms with Crippen LogP contribution in [-0.2, 0) is 22.4 Å². The van der Waals surface area contributed by atoms with Crippen LogP contribution in [0.15, 0.2) is 21.3 Å². The van der Waals surface area contributed by atoms with E-state index in [2.05, 4.69) is 4.74 Å². The minimum atomic E-state index is -0.720. The van der Waals surface area contributed by atoms with Crippen LogP contribution in [0.25, 0.3) is 11.0 Å². The van der Waals surface area contributed by atoms with Crippen LogP contribution in [-0.4, -0.2) is 19.2 Å². The summed E-state index contributed by atoms with van der Waals surface area (Å²) in [6.45, 7) is 3.44. The van der Waals surface area contributed by atoms with Gasteiger partial charge >= 0.3 is 11.6 Å². The second-order valence-electron chi connectivity index (χ2n) is 5.55. The molecule has 0 saturated heterocycles. The Bertz CT molecular complexity index is 803. The first kappa shape index (κ1) is 14.6. The van der Waals surface area contributed by atoms with E-state index in [1.165, 1.54) is 7.11 Å². The average Bonchev–Trinajstić information content (AvgIpc) is 3.00. The van der Waals surface area contributed by atoms with E-state index in [1.807, 2.05) is 19.1 Å². The maximum absolute atomic E-state index is 12.1. The molecule has 0 radical (unpaired) electrons. The van der Waals surface area contributed by atoms with E-state index < -0.39 is 12.1 Å². The van der Waals surface area contributed by atoms with E-state index in [4.69, 9.17) is 9.15 Å². The molecule has 0 spiro atoms. The number of carbonyl (C=O) groups excluding carboxylic acids is 1. The molecule has 0 unspecified atom stereocenters. The summed E-state index contributed by atoms with van der Waals surface area (Å²) < 4.78 is 15.8. The number of methoxy groups -OCH3 is 1. The monoisotopic (exact) mass is 302 g/mol. The second-order valence-corrected chi connectivity index (χ2v) is 5.55. The molecule has 5 heteroatoms. The second kappa shape index (κ2) is 5.48. The summed E-state index contributed by atoms with van der Waals surface area (Å²) in [5, 5.41) is 0.961. The Balaban J connectivity index is 2.09. The minimum absolute atomic E-state index is 0.263. The lowest BCUT2D eigenvalue weighted by molar-refractivity contribution is -0.147. The van der Waals surface area contributed by atoms with Crippen LogP contribution in [0.5, 0.6) is 5.75 Å². The van der Waals surface area contributed by atoms with Gasteiger partial charge < -0.3 is 13.9 Å². The summed E-state index contributed by atoms with van der Waals surface area (Å²) in [6, 6.07) is 3.71. The maximum Gasteiger partial charge on any atom is 0.346 e. The fraction of sp³-hybridized carbons (Fsp3) is 0.412. The Hall–Kier alpha value is -2.30. The molecule has 0 aliphatic heterocycles. The fourth-order valence-electron chi connectivity index (χ4n) is 3.00. The highest BCUT2D eigenvalue weighted by molar-refractivity contribution is 5.86. The van der Waals surface area contributed by atoms with Gasteiger partial charge in [-0.25, -0.2) is 9.59 Å². The van der Waals surface area contributed by atoms with Crippen molar-refractivity contribution in [3.63, 3.8) is 0 Å². The van der Waals surface area contributed by atoms with Gasteiger partial charge in [0.2, 0.25) is 0 Å². The number of rotatable bonds is 3. The van der Waals surface area contributed by atoms with E-state index >= 15 is 0 Å². The molecule has 0 saturated carbocycles. The topological polar surface area (TPSA) is 65.7 Å². The summed E-state index contributed by atoms with van der Waals surface area (Å²) in [4.78, 5) is 23.6. The van der Waals surface area contributed by atoms with E-state index in [0.29, 0.717) is 11.3 Å². The third kappa shape index (κ3) is 2.26. The van der Waals surface area contributed by atoms with E-state index in [0.717, 1.165) is 41.3 Å². The quantitative estimate of drug-likeness (QED) is 0.644. The fourth-order valence-corrected chi connectivity index (χ4v) is 3.00. The third-order valence-corrected chi connectivity index (χ3v) is 4.18. The van der Waals surface area contributed by atoms with Gasteiger partial charge in [0.1, 0.15) is 11.3 Å². The van der Waals surface area contributed by atoms with Gasteiger partial charge in [-0.05, 0) is 50.8 Å². The van der Waals surface area contributed by atoms with Crippen molar-refractivity contribution in [2.45, 2.75) is 39.2 Å². The lowest BCUT2D eigenvalue weighted by Gasteiger charge is -2.15. The number of hydrogen-bond acceptors (Lipinski definition) is 5.